The summed E-state index contributed by atoms with van der Waals surface area (Å²) in [6.45, 7) is 5.23. The molecule has 1 aromatic heterocycles. The number of aromatic nitrogens is 1. The molecule has 4 rings (SSSR count). The lowest BCUT2D eigenvalue weighted by molar-refractivity contribution is -0.121. The highest BCUT2D eigenvalue weighted by molar-refractivity contribution is 5.86. The Balaban J connectivity index is 1.46. The van der Waals surface area contributed by atoms with Gasteiger partial charge in [-0.3, -0.25) is 9.69 Å². The van der Waals surface area contributed by atoms with Crippen LogP contribution in [0.25, 0.3) is 10.9 Å². The molecular formula is C25H31N3O3. The van der Waals surface area contributed by atoms with Crippen LogP contribution in [0.15, 0.2) is 54.7 Å². The van der Waals surface area contributed by atoms with Crippen LogP contribution in [0.5, 0.6) is 5.75 Å². The number of hydrogen-bond donors (Lipinski definition) is 2. The summed E-state index contributed by atoms with van der Waals surface area (Å²) in [5, 5.41) is 4.26. The van der Waals surface area contributed by atoms with Crippen LogP contribution in [0.2, 0.25) is 0 Å². The lowest BCUT2D eigenvalue weighted by Crippen LogP contribution is -2.38. The van der Waals surface area contributed by atoms with E-state index in [4.69, 9.17) is 9.47 Å². The first-order valence-corrected chi connectivity index (χ1v) is 11.0. The molecule has 31 heavy (non-hydrogen) atoms. The number of para-hydroxylation sites is 2. The van der Waals surface area contributed by atoms with Gasteiger partial charge in [-0.25, -0.2) is 0 Å². The molecule has 1 aliphatic rings. The summed E-state index contributed by atoms with van der Waals surface area (Å²) in [6, 6.07) is 16.2. The molecule has 164 valence electrons. The van der Waals surface area contributed by atoms with Gasteiger partial charge in [-0.15, -0.1) is 0 Å². The molecule has 1 aliphatic heterocycles. The molecule has 1 amide bonds. The van der Waals surface area contributed by atoms with E-state index >= 15 is 0 Å². The highest BCUT2D eigenvalue weighted by Gasteiger charge is 2.24. The number of aromatic amines is 1. The Morgan fingerprint density at radius 1 is 1.13 bits per heavy atom. The predicted octanol–water partition coefficient (Wildman–Crippen LogP) is 3.54. The van der Waals surface area contributed by atoms with Crippen LogP contribution in [0.4, 0.5) is 0 Å². The van der Waals surface area contributed by atoms with Crippen molar-refractivity contribution in [1.29, 1.82) is 0 Å². The number of morpholine rings is 1. The fourth-order valence-electron chi connectivity index (χ4n) is 4.34. The van der Waals surface area contributed by atoms with Crippen molar-refractivity contribution in [3.05, 3.63) is 65.9 Å². The summed E-state index contributed by atoms with van der Waals surface area (Å²) >= 11 is 0. The molecule has 1 unspecified atom stereocenters. The van der Waals surface area contributed by atoms with Crippen LogP contribution in [0, 0.1) is 0 Å². The maximum absolute atomic E-state index is 12.9. The van der Waals surface area contributed by atoms with E-state index < -0.39 is 0 Å². The van der Waals surface area contributed by atoms with Crippen molar-refractivity contribution in [2.75, 3.05) is 46.5 Å². The van der Waals surface area contributed by atoms with Crippen LogP contribution in [-0.2, 0) is 9.53 Å². The highest BCUT2D eigenvalue weighted by atomic mass is 16.5. The van der Waals surface area contributed by atoms with Gasteiger partial charge in [0.1, 0.15) is 5.75 Å². The SMILES string of the molecule is COc1ccccc1C(CC(=O)NCCCN1CCOCC1)c1c[nH]c2ccccc12. The van der Waals surface area contributed by atoms with Gasteiger partial charge in [0.25, 0.3) is 0 Å². The standard InChI is InChI=1S/C25H31N3O3/c1-30-24-10-5-3-8-20(24)21(22-18-27-23-9-4-2-7-19(22)23)17-25(29)26-11-6-12-28-13-15-31-16-14-28/h2-5,7-10,18,21,27H,6,11-17H2,1H3,(H,26,29). The average Bonchev–Trinajstić information content (AvgIpc) is 3.25. The maximum Gasteiger partial charge on any atom is 0.220 e. The number of carbonyl (C=O) groups is 1. The summed E-state index contributed by atoms with van der Waals surface area (Å²) in [5.41, 5.74) is 3.21. The van der Waals surface area contributed by atoms with E-state index in [9.17, 15) is 4.79 Å². The minimum atomic E-state index is -0.0912. The minimum absolute atomic E-state index is 0.0585. The van der Waals surface area contributed by atoms with Crippen molar-refractivity contribution in [3.8, 4) is 5.75 Å². The fraction of sp³-hybridized carbons (Fsp3) is 0.400. The van der Waals surface area contributed by atoms with Crippen LogP contribution >= 0.6 is 0 Å². The van der Waals surface area contributed by atoms with E-state index in [1.54, 1.807) is 7.11 Å². The minimum Gasteiger partial charge on any atom is -0.496 e. The van der Waals surface area contributed by atoms with Gasteiger partial charge in [0.05, 0.1) is 20.3 Å². The number of benzene rings is 2. The van der Waals surface area contributed by atoms with Crippen molar-refractivity contribution in [3.63, 3.8) is 0 Å². The van der Waals surface area contributed by atoms with E-state index in [0.29, 0.717) is 13.0 Å². The first kappa shape index (κ1) is 21.4. The quantitative estimate of drug-likeness (QED) is 0.519. The molecule has 2 N–H and O–H groups in total. The molecule has 0 aliphatic carbocycles. The molecule has 6 heteroatoms. The Kier molecular flexibility index (Phi) is 7.22. The molecule has 0 spiro atoms. The second kappa shape index (κ2) is 10.5. The molecule has 6 nitrogen and oxygen atoms in total. The zero-order valence-electron chi connectivity index (χ0n) is 18.1. The number of nitrogens with one attached hydrogen (secondary N) is 2. The van der Waals surface area contributed by atoms with Gasteiger partial charge in [-0.1, -0.05) is 36.4 Å². The van der Waals surface area contributed by atoms with Crippen LogP contribution < -0.4 is 10.1 Å². The lowest BCUT2D eigenvalue weighted by Gasteiger charge is -2.26. The van der Waals surface area contributed by atoms with Crippen molar-refractivity contribution < 1.29 is 14.3 Å². The van der Waals surface area contributed by atoms with Gasteiger partial charge in [0.2, 0.25) is 5.91 Å². The second-order valence-electron chi connectivity index (χ2n) is 7.95. The highest BCUT2D eigenvalue weighted by Crippen LogP contribution is 2.37. The van der Waals surface area contributed by atoms with Crippen LogP contribution in [0.3, 0.4) is 0 Å². The number of amides is 1. The third-order valence-corrected chi connectivity index (χ3v) is 5.98. The largest absolute Gasteiger partial charge is 0.496 e. The smallest absolute Gasteiger partial charge is 0.220 e. The third-order valence-electron chi connectivity index (χ3n) is 5.98. The first-order valence-electron chi connectivity index (χ1n) is 11.0. The van der Waals surface area contributed by atoms with Crippen molar-refractivity contribution in [2.45, 2.75) is 18.8 Å². The van der Waals surface area contributed by atoms with E-state index in [0.717, 1.165) is 67.0 Å². The Morgan fingerprint density at radius 2 is 1.90 bits per heavy atom. The summed E-state index contributed by atoms with van der Waals surface area (Å²) < 4.78 is 11.0. The summed E-state index contributed by atoms with van der Waals surface area (Å²) in [4.78, 5) is 18.7. The molecule has 0 bridgehead atoms. The van der Waals surface area contributed by atoms with Gasteiger partial charge >= 0.3 is 0 Å². The van der Waals surface area contributed by atoms with Gasteiger partial charge in [-0.05, 0) is 30.7 Å². The number of H-pyrrole nitrogens is 1. The monoisotopic (exact) mass is 421 g/mol. The predicted molar refractivity (Wildman–Crippen MR) is 123 cm³/mol. The number of ether oxygens (including phenoxy) is 2. The Bertz CT molecular complexity index is 994. The maximum atomic E-state index is 12.9. The van der Waals surface area contributed by atoms with E-state index in [1.807, 2.05) is 36.5 Å². The normalized spacial score (nSPS) is 15.6. The molecule has 1 saturated heterocycles. The Labute approximate surface area is 183 Å². The average molecular weight is 422 g/mol. The first-order chi connectivity index (χ1) is 15.3. The van der Waals surface area contributed by atoms with E-state index in [2.05, 4.69) is 33.4 Å². The molecular weight excluding hydrogens is 390 g/mol. The second-order valence-corrected chi connectivity index (χ2v) is 7.95. The molecule has 2 aromatic carbocycles. The van der Waals surface area contributed by atoms with Crippen LogP contribution in [-0.4, -0.2) is 62.3 Å². The van der Waals surface area contributed by atoms with Gasteiger partial charge in [0.15, 0.2) is 0 Å². The summed E-state index contributed by atoms with van der Waals surface area (Å²) in [5.74, 6) is 0.771. The number of rotatable bonds is 9. The van der Waals surface area contributed by atoms with Gasteiger partial charge in [-0.2, -0.15) is 0 Å². The molecule has 0 saturated carbocycles. The van der Waals surface area contributed by atoms with Crippen molar-refractivity contribution in [1.82, 2.24) is 15.2 Å². The number of hydrogen-bond acceptors (Lipinski definition) is 4. The molecule has 3 aromatic rings. The fourth-order valence-corrected chi connectivity index (χ4v) is 4.34. The van der Waals surface area contributed by atoms with Gasteiger partial charge < -0.3 is 19.8 Å². The summed E-state index contributed by atoms with van der Waals surface area (Å²) in [7, 11) is 1.68. The van der Waals surface area contributed by atoms with Crippen molar-refractivity contribution >= 4 is 16.8 Å². The molecule has 2 heterocycles. The number of methoxy groups -OCH3 is 1. The van der Waals surface area contributed by atoms with Crippen molar-refractivity contribution in [2.24, 2.45) is 0 Å². The number of nitrogens with zero attached hydrogens (tertiary/aromatic N) is 1. The summed E-state index contributed by atoms with van der Waals surface area (Å²) in [6.07, 6.45) is 3.34. The van der Waals surface area contributed by atoms with E-state index in [-0.39, 0.29) is 11.8 Å². The zero-order valence-corrected chi connectivity index (χ0v) is 18.1. The molecule has 1 atom stereocenters. The lowest BCUT2D eigenvalue weighted by atomic mass is 9.87. The molecule has 0 radical (unpaired) electrons. The molecule has 1 fully saturated rings. The van der Waals surface area contributed by atoms with E-state index in [1.165, 1.54) is 0 Å². The number of fused-ring (bicyclic) bond motifs is 1. The third kappa shape index (κ3) is 5.27. The van der Waals surface area contributed by atoms with Crippen LogP contribution in [0.1, 0.15) is 29.9 Å². The number of carbonyl (C=O) groups excluding carboxylic acids is 1. The Hall–Kier alpha value is -2.83. The Morgan fingerprint density at radius 3 is 2.74 bits per heavy atom. The van der Waals surface area contributed by atoms with Gasteiger partial charge in [0, 0.05) is 54.6 Å². The topological polar surface area (TPSA) is 66.6 Å². The zero-order chi connectivity index (χ0) is 21.5.